The molecule has 1 saturated carbocycles. The fourth-order valence-corrected chi connectivity index (χ4v) is 3.25. The number of nitrogens with one attached hydrogen (secondary N) is 1. The maximum atomic E-state index is 11.9. The van der Waals surface area contributed by atoms with Crippen LogP contribution in [-0.4, -0.2) is 37.2 Å². The smallest absolute Gasteiger partial charge is 0.220 e. The largest absolute Gasteiger partial charge is 0.378 e. The van der Waals surface area contributed by atoms with E-state index in [2.05, 4.69) is 15.2 Å². The lowest BCUT2D eigenvalue weighted by Gasteiger charge is -2.27. The van der Waals surface area contributed by atoms with Crippen molar-refractivity contribution in [1.82, 2.24) is 10.3 Å². The Balaban J connectivity index is 1.45. The number of nitrogens with zero attached hydrogens (tertiary/aromatic N) is 2. The minimum absolute atomic E-state index is 0.171. The third kappa shape index (κ3) is 4.19. The summed E-state index contributed by atoms with van der Waals surface area (Å²) >= 11 is 0. The second-order valence-corrected chi connectivity index (χ2v) is 6.26. The maximum Gasteiger partial charge on any atom is 0.220 e. The first-order valence-electron chi connectivity index (χ1n) is 8.35. The van der Waals surface area contributed by atoms with Gasteiger partial charge in [-0.3, -0.25) is 4.79 Å². The summed E-state index contributed by atoms with van der Waals surface area (Å²) < 4.78 is 5.35. The zero-order chi connectivity index (χ0) is 15.2. The van der Waals surface area contributed by atoms with Crippen LogP contribution in [0.2, 0.25) is 0 Å². The normalized spacial score (nSPS) is 19.4. The summed E-state index contributed by atoms with van der Waals surface area (Å²) in [4.78, 5) is 18.7. The third-order valence-electron chi connectivity index (χ3n) is 4.58. The quantitative estimate of drug-likeness (QED) is 0.905. The summed E-state index contributed by atoms with van der Waals surface area (Å²) in [6.45, 7) is 3.89. The number of pyridine rings is 1. The van der Waals surface area contributed by atoms with Gasteiger partial charge in [-0.1, -0.05) is 18.9 Å². The van der Waals surface area contributed by atoms with E-state index in [-0.39, 0.29) is 5.91 Å². The van der Waals surface area contributed by atoms with Crippen molar-refractivity contribution in [1.29, 1.82) is 0 Å². The maximum absolute atomic E-state index is 11.9. The third-order valence-corrected chi connectivity index (χ3v) is 4.58. The highest BCUT2D eigenvalue weighted by Gasteiger charge is 2.18. The molecule has 0 bridgehead atoms. The van der Waals surface area contributed by atoms with E-state index in [1.807, 2.05) is 18.3 Å². The van der Waals surface area contributed by atoms with Gasteiger partial charge in [0.05, 0.1) is 13.2 Å². The first-order chi connectivity index (χ1) is 10.8. The summed E-state index contributed by atoms with van der Waals surface area (Å²) in [6, 6.07) is 4.08. The number of carbonyl (C=O) groups is 1. The van der Waals surface area contributed by atoms with Crippen LogP contribution >= 0.6 is 0 Å². The van der Waals surface area contributed by atoms with Crippen molar-refractivity contribution in [3.63, 3.8) is 0 Å². The highest BCUT2D eigenvalue weighted by atomic mass is 16.5. The molecule has 2 fully saturated rings. The average Bonchev–Trinajstić information content (AvgIpc) is 3.07. The van der Waals surface area contributed by atoms with Crippen LogP contribution in [0.25, 0.3) is 0 Å². The van der Waals surface area contributed by atoms with Gasteiger partial charge in [0.2, 0.25) is 5.91 Å². The van der Waals surface area contributed by atoms with Crippen molar-refractivity contribution < 1.29 is 9.53 Å². The molecule has 5 heteroatoms. The Labute approximate surface area is 132 Å². The molecule has 3 rings (SSSR count). The van der Waals surface area contributed by atoms with Crippen LogP contribution < -0.4 is 10.2 Å². The molecular formula is C17H25N3O2. The molecule has 1 saturated heterocycles. The fourth-order valence-electron chi connectivity index (χ4n) is 3.25. The zero-order valence-electron chi connectivity index (χ0n) is 13.1. The topological polar surface area (TPSA) is 54.5 Å². The van der Waals surface area contributed by atoms with Crippen LogP contribution in [0.3, 0.4) is 0 Å². The van der Waals surface area contributed by atoms with Gasteiger partial charge in [0, 0.05) is 32.3 Å². The summed E-state index contributed by atoms with van der Waals surface area (Å²) in [5.74, 6) is 1.76. The molecule has 1 aliphatic carbocycles. The Bertz CT molecular complexity index is 477. The van der Waals surface area contributed by atoms with Gasteiger partial charge in [-0.25, -0.2) is 4.98 Å². The lowest BCUT2D eigenvalue weighted by atomic mass is 10.0. The summed E-state index contributed by atoms with van der Waals surface area (Å²) in [7, 11) is 0. The molecule has 1 aromatic rings. The molecule has 22 heavy (non-hydrogen) atoms. The minimum Gasteiger partial charge on any atom is -0.378 e. The monoisotopic (exact) mass is 303 g/mol. The van der Waals surface area contributed by atoms with Gasteiger partial charge in [-0.2, -0.15) is 0 Å². The van der Waals surface area contributed by atoms with Crippen molar-refractivity contribution in [2.75, 3.05) is 31.2 Å². The minimum atomic E-state index is 0.171. The van der Waals surface area contributed by atoms with Crippen LogP contribution in [0.5, 0.6) is 0 Å². The van der Waals surface area contributed by atoms with Gasteiger partial charge in [-0.05, 0) is 30.4 Å². The standard InChI is InChI=1S/C17H25N3O2/c21-17(11-14-3-1-2-4-14)19-13-15-5-6-16(18-12-15)20-7-9-22-10-8-20/h5-6,12,14H,1-4,7-11,13H2,(H,19,21). The molecule has 1 amide bonds. The molecule has 0 atom stereocenters. The van der Waals surface area contributed by atoms with Crippen molar-refractivity contribution in [2.45, 2.75) is 38.6 Å². The number of amides is 1. The van der Waals surface area contributed by atoms with Gasteiger partial charge in [0.25, 0.3) is 0 Å². The van der Waals surface area contributed by atoms with E-state index in [1.165, 1.54) is 25.7 Å². The molecule has 0 spiro atoms. The number of hydrogen-bond acceptors (Lipinski definition) is 4. The molecule has 1 N–H and O–H groups in total. The summed E-state index contributed by atoms with van der Waals surface area (Å²) in [5, 5.41) is 3.01. The molecule has 120 valence electrons. The number of ether oxygens (including phenoxy) is 1. The van der Waals surface area contributed by atoms with E-state index in [1.54, 1.807) is 0 Å². The summed E-state index contributed by atoms with van der Waals surface area (Å²) in [5.41, 5.74) is 1.05. The Morgan fingerprint density at radius 1 is 1.27 bits per heavy atom. The fraction of sp³-hybridized carbons (Fsp3) is 0.647. The Hall–Kier alpha value is -1.62. The van der Waals surface area contributed by atoms with Gasteiger partial charge in [-0.15, -0.1) is 0 Å². The molecule has 2 heterocycles. The van der Waals surface area contributed by atoms with Crippen LogP contribution in [0, 0.1) is 5.92 Å². The van der Waals surface area contributed by atoms with Crippen LogP contribution in [0.4, 0.5) is 5.82 Å². The number of morpholine rings is 1. The van der Waals surface area contributed by atoms with Gasteiger partial charge < -0.3 is 15.0 Å². The molecule has 0 aromatic carbocycles. The highest BCUT2D eigenvalue weighted by molar-refractivity contribution is 5.76. The molecule has 0 unspecified atom stereocenters. The van der Waals surface area contributed by atoms with E-state index in [0.717, 1.165) is 37.7 Å². The van der Waals surface area contributed by atoms with Crippen molar-refractivity contribution in [3.8, 4) is 0 Å². The second kappa shape index (κ2) is 7.58. The lowest BCUT2D eigenvalue weighted by molar-refractivity contribution is -0.122. The van der Waals surface area contributed by atoms with E-state index < -0.39 is 0 Å². The lowest BCUT2D eigenvalue weighted by Crippen LogP contribution is -2.36. The SMILES string of the molecule is O=C(CC1CCCC1)NCc1ccc(N2CCOCC2)nc1. The predicted molar refractivity (Wildman–Crippen MR) is 85.7 cm³/mol. The number of anilines is 1. The number of rotatable bonds is 5. The van der Waals surface area contributed by atoms with E-state index >= 15 is 0 Å². The highest BCUT2D eigenvalue weighted by Crippen LogP contribution is 2.27. The Morgan fingerprint density at radius 2 is 2.05 bits per heavy atom. The average molecular weight is 303 g/mol. The van der Waals surface area contributed by atoms with Gasteiger partial charge in [0.1, 0.15) is 5.82 Å². The van der Waals surface area contributed by atoms with Crippen molar-refractivity contribution in [3.05, 3.63) is 23.9 Å². The molecular weight excluding hydrogens is 278 g/mol. The summed E-state index contributed by atoms with van der Waals surface area (Å²) in [6.07, 6.45) is 7.53. The second-order valence-electron chi connectivity index (χ2n) is 6.26. The van der Waals surface area contributed by atoms with E-state index in [9.17, 15) is 4.79 Å². The zero-order valence-corrected chi connectivity index (χ0v) is 13.1. The van der Waals surface area contributed by atoms with Crippen LogP contribution in [0.1, 0.15) is 37.7 Å². The molecule has 1 aromatic heterocycles. The van der Waals surface area contributed by atoms with Gasteiger partial charge >= 0.3 is 0 Å². The van der Waals surface area contributed by atoms with Crippen molar-refractivity contribution >= 4 is 11.7 Å². The van der Waals surface area contributed by atoms with Crippen LogP contribution in [-0.2, 0) is 16.1 Å². The molecule has 1 aliphatic heterocycles. The molecule has 5 nitrogen and oxygen atoms in total. The van der Waals surface area contributed by atoms with Gasteiger partial charge in [0.15, 0.2) is 0 Å². The Morgan fingerprint density at radius 3 is 2.73 bits per heavy atom. The van der Waals surface area contributed by atoms with E-state index in [4.69, 9.17) is 4.74 Å². The molecule has 2 aliphatic rings. The first kappa shape index (κ1) is 15.3. The number of carbonyl (C=O) groups excluding carboxylic acids is 1. The van der Waals surface area contributed by atoms with E-state index in [0.29, 0.717) is 18.9 Å². The number of hydrogen-bond donors (Lipinski definition) is 1. The number of aromatic nitrogens is 1. The van der Waals surface area contributed by atoms with Crippen molar-refractivity contribution in [2.24, 2.45) is 5.92 Å². The molecule has 0 radical (unpaired) electrons. The Kier molecular flexibility index (Phi) is 5.27. The van der Waals surface area contributed by atoms with Crippen LogP contribution in [0.15, 0.2) is 18.3 Å². The predicted octanol–water partition coefficient (Wildman–Crippen LogP) is 2.11. The first-order valence-corrected chi connectivity index (χ1v) is 8.35.